The first-order valence-electron chi connectivity index (χ1n) is 7.61. The lowest BCUT2D eigenvalue weighted by Crippen LogP contribution is -2.21. The summed E-state index contributed by atoms with van der Waals surface area (Å²) in [7, 11) is 0. The van der Waals surface area contributed by atoms with Gasteiger partial charge in [-0.2, -0.15) is 5.26 Å². The van der Waals surface area contributed by atoms with E-state index in [1.54, 1.807) is 6.92 Å². The number of rotatable bonds is 2. The number of fused-ring (bicyclic) bond motifs is 2. The molecule has 1 aromatic carbocycles. The molecule has 0 saturated carbocycles. The molecule has 2 aromatic rings. The first-order chi connectivity index (χ1) is 10.6. The summed E-state index contributed by atoms with van der Waals surface area (Å²) in [5.74, 6) is 0.105. The third-order valence-corrected chi connectivity index (χ3v) is 4.18. The van der Waals surface area contributed by atoms with E-state index in [9.17, 15) is 4.79 Å². The Hall–Kier alpha value is -2.41. The predicted octanol–water partition coefficient (Wildman–Crippen LogP) is 3.43. The van der Waals surface area contributed by atoms with Gasteiger partial charge in [-0.15, -0.1) is 0 Å². The molecule has 22 heavy (non-hydrogen) atoms. The van der Waals surface area contributed by atoms with Crippen LogP contribution >= 0.6 is 0 Å². The fraction of sp³-hybridized carbons (Fsp3) is 0.389. The molecule has 0 fully saturated rings. The standard InChI is InChI=1S/C18H18N2O2/c1-11-7-8-16-14(9-11)17(18(21)22-12(2)10-19)13-5-3-4-6-15(13)20-16/h3-6,11-12H,7-9H2,1-2H3/t11-,12-/m1/s1. The third-order valence-electron chi connectivity index (χ3n) is 4.18. The van der Waals surface area contributed by atoms with Crippen LogP contribution in [0.5, 0.6) is 0 Å². The first-order valence-corrected chi connectivity index (χ1v) is 7.61. The highest BCUT2D eigenvalue weighted by Crippen LogP contribution is 2.32. The van der Waals surface area contributed by atoms with Crippen LogP contribution in [0.2, 0.25) is 0 Å². The molecule has 112 valence electrons. The molecule has 1 aliphatic carbocycles. The maximum Gasteiger partial charge on any atom is 0.340 e. The van der Waals surface area contributed by atoms with Crippen molar-refractivity contribution in [2.75, 3.05) is 0 Å². The Labute approximate surface area is 129 Å². The van der Waals surface area contributed by atoms with Crippen LogP contribution in [0.4, 0.5) is 0 Å². The molecular weight excluding hydrogens is 276 g/mol. The van der Waals surface area contributed by atoms with Crippen molar-refractivity contribution in [3.63, 3.8) is 0 Å². The number of nitriles is 1. The van der Waals surface area contributed by atoms with Crippen LogP contribution < -0.4 is 0 Å². The van der Waals surface area contributed by atoms with Gasteiger partial charge in [0, 0.05) is 11.1 Å². The monoisotopic (exact) mass is 294 g/mol. The highest BCUT2D eigenvalue weighted by Gasteiger charge is 2.26. The molecule has 2 atom stereocenters. The molecule has 4 nitrogen and oxygen atoms in total. The van der Waals surface area contributed by atoms with Crippen molar-refractivity contribution in [3.05, 3.63) is 41.1 Å². The van der Waals surface area contributed by atoms with Gasteiger partial charge in [-0.25, -0.2) is 4.79 Å². The van der Waals surface area contributed by atoms with Gasteiger partial charge in [-0.3, -0.25) is 4.98 Å². The zero-order valence-electron chi connectivity index (χ0n) is 12.8. The molecular formula is C18H18N2O2. The summed E-state index contributed by atoms with van der Waals surface area (Å²) in [4.78, 5) is 17.3. The number of para-hydroxylation sites is 1. The lowest BCUT2D eigenvalue weighted by molar-refractivity contribution is 0.0436. The Morgan fingerprint density at radius 1 is 1.45 bits per heavy atom. The van der Waals surface area contributed by atoms with Gasteiger partial charge in [0.05, 0.1) is 11.1 Å². The van der Waals surface area contributed by atoms with E-state index in [-0.39, 0.29) is 0 Å². The van der Waals surface area contributed by atoms with E-state index in [0.29, 0.717) is 11.5 Å². The Morgan fingerprint density at radius 3 is 3.00 bits per heavy atom. The van der Waals surface area contributed by atoms with Crippen LogP contribution in [-0.4, -0.2) is 17.1 Å². The van der Waals surface area contributed by atoms with E-state index in [2.05, 4.69) is 6.92 Å². The summed E-state index contributed by atoms with van der Waals surface area (Å²) < 4.78 is 5.27. The molecule has 0 aliphatic heterocycles. The second-order valence-corrected chi connectivity index (χ2v) is 5.95. The number of ether oxygens (including phenoxy) is 1. The molecule has 0 saturated heterocycles. The summed E-state index contributed by atoms with van der Waals surface area (Å²) in [5.41, 5.74) is 3.39. The van der Waals surface area contributed by atoms with Gasteiger partial charge >= 0.3 is 5.97 Å². The van der Waals surface area contributed by atoms with E-state index < -0.39 is 12.1 Å². The molecule has 0 amide bonds. The van der Waals surface area contributed by atoms with Crippen LogP contribution in [0.15, 0.2) is 24.3 Å². The number of pyridine rings is 1. The van der Waals surface area contributed by atoms with E-state index in [0.717, 1.165) is 41.4 Å². The Kier molecular flexibility index (Phi) is 3.81. The number of benzene rings is 1. The zero-order chi connectivity index (χ0) is 15.7. The Balaban J connectivity index is 2.19. The molecule has 3 rings (SSSR count). The molecule has 1 aromatic heterocycles. The Bertz CT molecular complexity index is 776. The summed E-state index contributed by atoms with van der Waals surface area (Å²) >= 11 is 0. The van der Waals surface area contributed by atoms with Crippen molar-refractivity contribution in [3.8, 4) is 6.07 Å². The highest BCUT2D eigenvalue weighted by atomic mass is 16.5. The molecule has 1 heterocycles. The predicted molar refractivity (Wildman–Crippen MR) is 83.4 cm³/mol. The van der Waals surface area contributed by atoms with Crippen LogP contribution in [-0.2, 0) is 17.6 Å². The quantitative estimate of drug-likeness (QED) is 0.796. The van der Waals surface area contributed by atoms with E-state index in [1.807, 2.05) is 30.3 Å². The SMILES string of the molecule is C[C@@H]1CCc2nc3ccccc3c(C(=O)O[C@H](C)C#N)c2C1. The van der Waals surface area contributed by atoms with Gasteiger partial charge in [0.15, 0.2) is 6.10 Å². The number of aryl methyl sites for hydroxylation is 1. The van der Waals surface area contributed by atoms with Crippen LogP contribution in [0.1, 0.15) is 41.9 Å². The van der Waals surface area contributed by atoms with Gasteiger partial charge in [-0.1, -0.05) is 25.1 Å². The van der Waals surface area contributed by atoms with Gasteiger partial charge in [0.25, 0.3) is 0 Å². The largest absolute Gasteiger partial charge is 0.444 e. The average molecular weight is 294 g/mol. The van der Waals surface area contributed by atoms with Crippen molar-refractivity contribution >= 4 is 16.9 Å². The van der Waals surface area contributed by atoms with Crippen molar-refractivity contribution < 1.29 is 9.53 Å². The molecule has 4 heteroatoms. The minimum atomic E-state index is -0.754. The fourth-order valence-corrected chi connectivity index (χ4v) is 3.04. The first kappa shape index (κ1) is 14.5. The molecule has 0 N–H and O–H groups in total. The third kappa shape index (κ3) is 2.55. The number of esters is 1. The number of aromatic nitrogens is 1. The van der Waals surface area contributed by atoms with Gasteiger partial charge < -0.3 is 4.74 Å². The van der Waals surface area contributed by atoms with E-state index in [1.165, 1.54) is 0 Å². The summed E-state index contributed by atoms with van der Waals surface area (Å²) in [6.07, 6.45) is 2.05. The maximum absolute atomic E-state index is 12.6. The zero-order valence-corrected chi connectivity index (χ0v) is 12.8. The molecule has 0 bridgehead atoms. The van der Waals surface area contributed by atoms with Crippen molar-refractivity contribution in [2.45, 2.75) is 39.2 Å². The van der Waals surface area contributed by atoms with Crippen molar-refractivity contribution in [2.24, 2.45) is 5.92 Å². The number of hydrogen-bond donors (Lipinski definition) is 0. The second-order valence-electron chi connectivity index (χ2n) is 5.95. The normalized spacial score (nSPS) is 18.3. The van der Waals surface area contributed by atoms with Crippen molar-refractivity contribution in [1.29, 1.82) is 5.26 Å². The molecule has 0 radical (unpaired) electrons. The van der Waals surface area contributed by atoms with Crippen LogP contribution in [0, 0.1) is 17.2 Å². The summed E-state index contributed by atoms with van der Waals surface area (Å²) in [6.45, 7) is 3.77. The van der Waals surface area contributed by atoms with Gasteiger partial charge in [0.1, 0.15) is 6.07 Å². The number of carbonyl (C=O) groups is 1. The summed E-state index contributed by atoms with van der Waals surface area (Å²) in [5, 5.41) is 9.70. The molecule has 1 aliphatic rings. The lowest BCUT2D eigenvalue weighted by Gasteiger charge is -2.24. The molecule has 0 unspecified atom stereocenters. The van der Waals surface area contributed by atoms with E-state index >= 15 is 0 Å². The van der Waals surface area contributed by atoms with Gasteiger partial charge in [-0.05, 0) is 43.7 Å². The average Bonchev–Trinajstić information content (AvgIpc) is 2.52. The maximum atomic E-state index is 12.6. The molecule has 0 spiro atoms. The number of nitrogens with zero attached hydrogens (tertiary/aromatic N) is 2. The number of carbonyl (C=O) groups excluding carboxylic acids is 1. The topological polar surface area (TPSA) is 63.0 Å². The lowest BCUT2D eigenvalue weighted by atomic mass is 9.84. The van der Waals surface area contributed by atoms with Gasteiger partial charge in [0.2, 0.25) is 0 Å². The minimum Gasteiger partial charge on any atom is -0.444 e. The summed E-state index contributed by atoms with van der Waals surface area (Å²) in [6, 6.07) is 9.57. The smallest absolute Gasteiger partial charge is 0.340 e. The van der Waals surface area contributed by atoms with Crippen LogP contribution in [0.25, 0.3) is 10.9 Å². The van der Waals surface area contributed by atoms with Crippen molar-refractivity contribution in [1.82, 2.24) is 4.98 Å². The minimum absolute atomic E-state index is 0.419. The van der Waals surface area contributed by atoms with E-state index in [4.69, 9.17) is 15.0 Å². The van der Waals surface area contributed by atoms with Crippen LogP contribution in [0.3, 0.4) is 0 Å². The fourth-order valence-electron chi connectivity index (χ4n) is 3.04. The second kappa shape index (κ2) is 5.76. The Morgan fingerprint density at radius 2 is 2.23 bits per heavy atom. The number of hydrogen-bond acceptors (Lipinski definition) is 4. The highest BCUT2D eigenvalue weighted by molar-refractivity contribution is 6.05.